The van der Waals surface area contributed by atoms with Crippen LogP contribution in [0, 0.1) is 19.7 Å². The summed E-state index contributed by atoms with van der Waals surface area (Å²) >= 11 is 6.14. The van der Waals surface area contributed by atoms with Crippen LogP contribution < -0.4 is 11.3 Å². The highest BCUT2D eigenvalue weighted by Crippen LogP contribution is 2.27. The molecule has 0 aromatic heterocycles. The summed E-state index contributed by atoms with van der Waals surface area (Å²) in [5.41, 5.74) is 6.95. The molecule has 0 heterocycles. The average molecular weight is 293 g/mol. The van der Waals surface area contributed by atoms with Crippen LogP contribution in [0.5, 0.6) is 0 Å². The number of benzene rings is 2. The van der Waals surface area contributed by atoms with E-state index < -0.39 is 0 Å². The Kier molecular flexibility index (Phi) is 4.76. The Bertz CT molecular complexity index is 613. The second-order valence-electron chi connectivity index (χ2n) is 5.02. The van der Waals surface area contributed by atoms with Gasteiger partial charge >= 0.3 is 0 Å². The number of hydrazine groups is 1. The lowest BCUT2D eigenvalue weighted by molar-refractivity contribution is 0.543. The molecule has 2 aromatic rings. The van der Waals surface area contributed by atoms with Crippen molar-refractivity contribution in [1.29, 1.82) is 0 Å². The molecule has 106 valence electrons. The predicted molar refractivity (Wildman–Crippen MR) is 81.1 cm³/mol. The molecule has 2 rings (SSSR count). The minimum Gasteiger partial charge on any atom is -0.271 e. The molecule has 2 nitrogen and oxygen atoms in total. The first kappa shape index (κ1) is 15.0. The van der Waals surface area contributed by atoms with Gasteiger partial charge in [0.05, 0.1) is 6.04 Å². The molecule has 0 spiro atoms. The predicted octanol–water partition coefficient (Wildman–Crippen LogP) is 3.84. The summed E-state index contributed by atoms with van der Waals surface area (Å²) in [6, 6.07) is 10.4. The fourth-order valence-electron chi connectivity index (χ4n) is 2.28. The van der Waals surface area contributed by atoms with E-state index in [9.17, 15) is 4.39 Å². The zero-order chi connectivity index (χ0) is 14.7. The zero-order valence-electron chi connectivity index (χ0n) is 11.6. The first-order chi connectivity index (χ1) is 9.51. The Morgan fingerprint density at radius 3 is 2.65 bits per heavy atom. The molecule has 0 aliphatic heterocycles. The third-order valence-electron chi connectivity index (χ3n) is 3.46. The third kappa shape index (κ3) is 3.37. The Morgan fingerprint density at radius 1 is 1.20 bits per heavy atom. The van der Waals surface area contributed by atoms with E-state index in [1.165, 1.54) is 28.8 Å². The van der Waals surface area contributed by atoms with Crippen LogP contribution in [0.3, 0.4) is 0 Å². The highest BCUT2D eigenvalue weighted by Gasteiger charge is 2.16. The first-order valence-electron chi connectivity index (χ1n) is 6.48. The number of nitrogens with two attached hydrogens (primary N) is 1. The van der Waals surface area contributed by atoms with Crippen LogP contribution in [0.2, 0.25) is 5.02 Å². The van der Waals surface area contributed by atoms with Gasteiger partial charge in [0.15, 0.2) is 0 Å². The molecule has 0 aliphatic rings. The van der Waals surface area contributed by atoms with Crippen molar-refractivity contribution in [2.75, 3.05) is 0 Å². The fourth-order valence-corrected chi connectivity index (χ4v) is 2.53. The topological polar surface area (TPSA) is 38.0 Å². The quantitative estimate of drug-likeness (QED) is 0.664. The van der Waals surface area contributed by atoms with Crippen molar-refractivity contribution in [2.45, 2.75) is 26.3 Å². The van der Waals surface area contributed by atoms with Gasteiger partial charge in [-0.15, -0.1) is 0 Å². The second kappa shape index (κ2) is 6.35. The normalized spacial score (nSPS) is 12.4. The Labute approximate surface area is 123 Å². The summed E-state index contributed by atoms with van der Waals surface area (Å²) in [5.74, 6) is 5.31. The highest BCUT2D eigenvalue weighted by atomic mass is 35.5. The van der Waals surface area contributed by atoms with Crippen LogP contribution in [0.1, 0.15) is 28.3 Å². The smallest absolute Gasteiger partial charge is 0.123 e. The number of hydrogen-bond acceptors (Lipinski definition) is 2. The third-order valence-corrected chi connectivity index (χ3v) is 3.81. The maximum absolute atomic E-state index is 13.4. The molecule has 1 unspecified atom stereocenters. The van der Waals surface area contributed by atoms with Gasteiger partial charge in [0.25, 0.3) is 0 Å². The Balaban J connectivity index is 2.33. The van der Waals surface area contributed by atoms with E-state index in [2.05, 4.69) is 30.5 Å². The van der Waals surface area contributed by atoms with E-state index in [1.54, 1.807) is 6.07 Å². The zero-order valence-corrected chi connectivity index (χ0v) is 12.3. The fraction of sp³-hybridized carbons (Fsp3) is 0.250. The van der Waals surface area contributed by atoms with Crippen molar-refractivity contribution in [3.8, 4) is 0 Å². The first-order valence-corrected chi connectivity index (χ1v) is 6.86. The molecule has 0 radical (unpaired) electrons. The number of hydrogen-bond donors (Lipinski definition) is 2. The Morgan fingerprint density at radius 2 is 1.95 bits per heavy atom. The van der Waals surface area contributed by atoms with E-state index in [1.807, 2.05) is 6.92 Å². The number of rotatable bonds is 4. The Hall–Kier alpha value is -1.42. The van der Waals surface area contributed by atoms with E-state index in [0.29, 0.717) is 17.0 Å². The average Bonchev–Trinajstić information content (AvgIpc) is 2.42. The molecule has 0 saturated heterocycles. The van der Waals surface area contributed by atoms with Gasteiger partial charge in [0.1, 0.15) is 5.82 Å². The SMILES string of the molecule is Cc1ccc(C)c(CC(NN)c2cc(F)ccc2Cl)c1. The van der Waals surface area contributed by atoms with Gasteiger partial charge < -0.3 is 0 Å². The maximum Gasteiger partial charge on any atom is 0.123 e. The molecule has 0 fully saturated rings. The molecular weight excluding hydrogens is 275 g/mol. The maximum atomic E-state index is 13.4. The summed E-state index contributed by atoms with van der Waals surface area (Å²) in [6.07, 6.45) is 0.660. The van der Waals surface area contributed by atoms with Crippen molar-refractivity contribution >= 4 is 11.6 Å². The largest absolute Gasteiger partial charge is 0.271 e. The minimum atomic E-state index is -0.314. The number of nitrogens with one attached hydrogen (secondary N) is 1. The highest BCUT2D eigenvalue weighted by molar-refractivity contribution is 6.31. The number of aryl methyl sites for hydroxylation is 2. The van der Waals surface area contributed by atoms with E-state index in [4.69, 9.17) is 17.4 Å². The van der Waals surface area contributed by atoms with Gasteiger partial charge in [-0.2, -0.15) is 0 Å². The molecule has 20 heavy (non-hydrogen) atoms. The summed E-state index contributed by atoms with van der Waals surface area (Å²) in [6.45, 7) is 4.10. The van der Waals surface area contributed by atoms with E-state index in [0.717, 1.165) is 0 Å². The standard InChI is InChI=1S/C16H18ClFN2/c1-10-3-4-11(2)12(7-10)8-16(20-19)14-9-13(18)5-6-15(14)17/h3-7,9,16,20H,8,19H2,1-2H3. The summed E-state index contributed by atoms with van der Waals surface area (Å²) in [4.78, 5) is 0. The van der Waals surface area contributed by atoms with Crippen LogP contribution in [-0.2, 0) is 6.42 Å². The van der Waals surface area contributed by atoms with Crippen LogP contribution in [-0.4, -0.2) is 0 Å². The molecule has 2 aromatic carbocycles. The van der Waals surface area contributed by atoms with E-state index in [-0.39, 0.29) is 11.9 Å². The molecule has 0 bridgehead atoms. The molecule has 0 saturated carbocycles. The van der Waals surface area contributed by atoms with Gasteiger partial charge in [-0.05, 0) is 55.2 Å². The molecular formula is C16H18ClFN2. The summed E-state index contributed by atoms with van der Waals surface area (Å²) in [5, 5.41) is 0.514. The minimum absolute atomic E-state index is 0.223. The lowest BCUT2D eigenvalue weighted by atomic mass is 9.95. The molecule has 4 heteroatoms. The van der Waals surface area contributed by atoms with Crippen molar-refractivity contribution in [3.63, 3.8) is 0 Å². The molecule has 0 aliphatic carbocycles. The van der Waals surface area contributed by atoms with Crippen molar-refractivity contribution in [3.05, 3.63) is 69.5 Å². The van der Waals surface area contributed by atoms with Gasteiger partial charge in [0.2, 0.25) is 0 Å². The van der Waals surface area contributed by atoms with Crippen LogP contribution >= 0.6 is 11.6 Å². The van der Waals surface area contributed by atoms with Gasteiger partial charge in [-0.25, -0.2) is 4.39 Å². The van der Waals surface area contributed by atoms with Crippen molar-refractivity contribution in [1.82, 2.24) is 5.43 Å². The van der Waals surface area contributed by atoms with Crippen LogP contribution in [0.25, 0.3) is 0 Å². The lowest BCUT2D eigenvalue weighted by Gasteiger charge is -2.19. The monoisotopic (exact) mass is 292 g/mol. The molecule has 1 atom stereocenters. The van der Waals surface area contributed by atoms with Crippen molar-refractivity contribution < 1.29 is 4.39 Å². The second-order valence-corrected chi connectivity index (χ2v) is 5.43. The van der Waals surface area contributed by atoms with Gasteiger partial charge in [0, 0.05) is 5.02 Å². The summed E-state index contributed by atoms with van der Waals surface area (Å²) in [7, 11) is 0. The van der Waals surface area contributed by atoms with Crippen LogP contribution in [0.4, 0.5) is 4.39 Å². The van der Waals surface area contributed by atoms with Crippen molar-refractivity contribution in [2.24, 2.45) is 5.84 Å². The van der Waals surface area contributed by atoms with Gasteiger partial charge in [-0.1, -0.05) is 35.4 Å². The molecule has 3 N–H and O–H groups in total. The molecule has 0 amide bonds. The lowest BCUT2D eigenvalue weighted by Crippen LogP contribution is -2.30. The van der Waals surface area contributed by atoms with Gasteiger partial charge in [-0.3, -0.25) is 11.3 Å². The summed E-state index contributed by atoms with van der Waals surface area (Å²) < 4.78 is 13.4. The number of halogens is 2. The van der Waals surface area contributed by atoms with E-state index >= 15 is 0 Å². The van der Waals surface area contributed by atoms with Crippen LogP contribution in [0.15, 0.2) is 36.4 Å².